The molecule has 0 bridgehead atoms. The summed E-state index contributed by atoms with van der Waals surface area (Å²) in [7, 11) is 0. The van der Waals surface area contributed by atoms with E-state index in [2.05, 4.69) is 29.7 Å². The van der Waals surface area contributed by atoms with E-state index >= 15 is 0 Å². The molecule has 2 aromatic carbocycles. The van der Waals surface area contributed by atoms with E-state index in [0.29, 0.717) is 11.5 Å². The number of rotatable bonds is 4. The van der Waals surface area contributed by atoms with Gasteiger partial charge in [0.25, 0.3) is 0 Å². The molecule has 5 heteroatoms. The number of anilines is 2. The molecular formula is C19H21N3OS. The fourth-order valence-corrected chi connectivity index (χ4v) is 3.13. The number of carbonyl (C=O) groups excluding carboxylic acids is 1. The molecule has 2 aromatic rings. The third kappa shape index (κ3) is 3.92. The summed E-state index contributed by atoms with van der Waals surface area (Å²) in [4.78, 5) is 13.6. The van der Waals surface area contributed by atoms with Crippen LogP contribution in [0.15, 0.2) is 54.6 Å². The van der Waals surface area contributed by atoms with Gasteiger partial charge in [-0.25, -0.2) is 0 Å². The summed E-state index contributed by atoms with van der Waals surface area (Å²) in [6.07, 6.45) is 1.58. The Kier molecular flexibility index (Phi) is 5.11. The summed E-state index contributed by atoms with van der Waals surface area (Å²) in [6, 6.07) is 18.1. The van der Waals surface area contributed by atoms with Crippen molar-refractivity contribution in [1.29, 1.82) is 0 Å². The number of hydrogen-bond acceptors (Lipinski definition) is 2. The van der Waals surface area contributed by atoms with Gasteiger partial charge in [0.2, 0.25) is 5.91 Å². The molecule has 1 aliphatic heterocycles. The van der Waals surface area contributed by atoms with Crippen molar-refractivity contribution in [2.45, 2.75) is 25.8 Å². The minimum atomic E-state index is 0.132. The van der Waals surface area contributed by atoms with Gasteiger partial charge >= 0.3 is 0 Å². The van der Waals surface area contributed by atoms with Crippen LogP contribution in [0.4, 0.5) is 11.4 Å². The molecule has 0 radical (unpaired) electrons. The molecule has 1 aliphatic rings. The fraction of sp³-hybridized carbons (Fsp3) is 0.263. The van der Waals surface area contributed by atoms with Crippen molar-refractivity contribution in [3.63, 3.8) is 0 Å². The monoisotopic (exact) mass is 339 g/mol. The van der Waals surface area contributed by atoms with Gasteiger partial charge in [0, 0.05) is 24.3 Å². The molecule has 124 valence electrons. The Morgan fingerprint density at radius 2 is 1.83 bits per heavy atom. The number of hydrogen-bond donors (Lipinski definition) is 2. The molecule has 1 atom stereocenters. The Morgan fingerprint density at radius 3 is 2.46 bits per heavy atom. The molecule has 0 aliphatic carbocycles. The lowest BCUT2D eigenvalue weighted by molar-refractivity contribution is -0.117. The molecule has 4 nitrogen and oxygen atoms in total. The van der Waals surface area contributed by atoms with E-state index in [1.807, 2.05) is 47.4 Å². The van der Waals surface area contributed by atoms with Crippen molar-refractivity contribution in [2.24, 2.45) is 0 Å². The molecule has 0 unspecified atom stereocenters. The maximum atomic E-state index is 11.8. The summed E-state index contributed by atoms with van der Waals surface area (Å²) in [5.74, 6) is 0.199. The fourth-order valence-electron chi connectivity index (χ4n) is 2.83. The molecule has 2 N–H and O–H groups in total. The highest BCUT2D eigenvalue weighted by Gasteiger charge is 2.21. The number of nitrogens with one attached hydrogen (secondary N) is 2. The lowest BCUT2D eigenvalue weighted by atomic mass is 10.1. The van der Waals surface area contributed by atoms with E-state index < -0.39 is 0 Å². The van der Waals surface area contributed by atoms with Crippen LogP contribution < -0.4 is 15.5 Å². The minimum absolute atomic E-state index is 0.132. The third-order valence-corrected chi connectivity index (χ3v) is 4.38. The van der Waals surface area contributed by atoms with Crippen LogP contribution in [0.5, 0.6) is 0 Å². The minimum Gasteiger partial charge on any atom is -0.356 e. The maximum absolute atomic E-state index is 11.8. The Morgan fingerprint density at radius 1 is 1.12 bits per heavy atom. The second-order valence-corrected chi connectivity index (χ2v) is 6.33. The van der Waals surface area contributed by atoms with E-state index in [1.165, 1.54) is 5.56 Å². The van der Waals surface area contributed by atoms with Crippen molar-refractivity contribution in [1.82, 2.24) is 5.32 Å². The molecule has 3 rings (SSSR count). The third-order valence-electron chi connectivity index (χ3n) is 4.16. The maximum Gasteiger partial charge on any atom is 0.227 e. The summed E-state index contributed by atoms with van der Waals surface area (Å²) < 4.78 is 0. The van der Waals surface area contributed by atoms with Gasteiger partial charge < -0.3 is 15.5 Å². The topological polar surface area (TPSA) is 44.4 Å². The van der Waals surface area contributed by atoms with Gasteiger partial charge in [-0.2, -0.15) is 0 Å². The Hall–Kier alpha value is -2.40. The molecular weight excluding hydrogens is 318 g/mol. The highest BCUT2D eigenvalue weighted by Crippen LogP contribution is 2.23. The SMILES string of the molecule is C[C@@H](NC(=S)Nc1ccc(N2CCCC2=O)cc1)c1ccccc1. The smallest absolute Gasteiger partial charge is 0.227 e. The second kappa shape index (κ2) is 7.45. The van der Waals surface area contributed by atoms with Gasteiger partial charge in [0.05, 0.1) is 6.04 Å². The lowest BCUT2D eigenvalue weighted by Gasteiger charge is -2.19. The van der Waals surface area contributed by atoms with Crippen molar-refractivity contribution in [2.75, 3.05) is 16.8 Å². The lowest BCUT2D eigenvalue weighted by Crippen LogP contribution is -2.30. The van der Waals surface area contributed by atoms with Crippen LogP contribution in [0.2, 0.25) is 0 Å². The van der Waals surface area contributed by atoms with Gasteiger partial charge in [-0.3, -0.25) is 4.79 Å². The zero-order chi connectivity index (χ0) is 16.9. The summed E-state index contributed by atoms with van der Waals surface area (Å²) in [5.41, 5.74) is 3.03. The average Bonchev–Trinajstić information content (AvgIpc) is 3.02. The Balaban J connectivity index is 1.57. The molecule has 1 amide bonds. The Bertz CT molecular complexity index is 715. The number of carbonyl (C=O) groups is 1. The van der Waals surface area contributed by atoms with Crippen molar-refractivity contribution in [3.05, 3.63) is 60.2 Å². The van der Waals surface area contributed by atoms with E-state index in [-0.39, 0.29) is 11.9 Å². The summed E-state index contributed by atoms with van der Waals surface area (Å²) in [6.45, 7) is 2.88. The van der Waals surface area contributed by atoms with Gasteiger partial charge in [-0.1, -0.05) is 30.3 Å². The van der Waals surface area contributed by atoms with Gasteiger partial charge in [0.15, 0.2) is 5.11 Å². The number of nitrogens with zero attached hydrogens (tertiary/aromatic N) is 1. The molecule has 24 heavy (non-hydrogen) atoms. The predicted molar refractivity (Wildman–Crippen MR) is 102 cm³/mol. The van der Waals surface area contributed by atoms with Crippen LogP contribution >= 0.6 is 12.2 Å². The van der Waals surface area contributed by atoms with Crippen molar-refractivity contribution in [3.8, 4) is 0 Å². The Labute approximate surface area is 147 Å². The van der Waals surface area contributed by atoms with Crippen LogP contribution in [0, 0.1) is 0 Å². The van der Waals surface area contributed by atoms with Gasteiger partial charge in [0.1, 0.15) is 0 Å². The predicted octanol–water partition coefficient (Wildman–Crippen LogP) is 3.86. The first-order valence-electron chi connectivity index (χ1n) is 8.16. The van der Waals surface area contributed by atoms with Crippen LogP contribution in [-0.4, -0.2) is 17.6 Å². The van der Waals surface area contributed by atoms with Crippen LogP contribution in [0.1, 0.15) is 31.4 Å². The first kappa shape index (κ1) is 16.5. The highest BCUT2D eigenvalue weighted by atomic mass is 32.1. The normalized spacial score (nSPS) is 15.2. The molecule has 1 saturated heterocycles. The zero-order valence-corrected chi connectivity index (χ0v) is 14.5. The first-order chi connectivity index (χ1) is 11.6. The largest absolute Gasteiger partial charge is 0.356 e. The standard InChI is InChI=1S/C19H21N3OS/c1-14(15-6-3-2-4-7-15)20-19(24)21-16-9-11-17(12-10-16)22-13-5-8-18(22)23/h2-4,6-7,9-12,14H,5,8,13H2,1H3,(H2,20,21,24)/t14-/m1/s1. The quantitative estimate of drug-likeness (QED) is 0.830. The summed E-state index contributed by atoms with van der Waals surface area (Å²) >= 11 is 5.38. The highest BCUT2D eigenvalue weighted by molar-refractivity contribution is 7.80. The molecule has 1 fully saturated rings. The van der Waals surface area contributed by atoms with Crippen molar-refractivity contribution >= 4 is 34.6 Å². The zero-order valence-electron chi connectivity index (χ0n) is 13.7. The molecule has 0 spiro atoms. The molecule has 0 aromatic heterocycles. The first-order valence-corrected chi connectivity index (χ1v) is 8.57. The number of benzene rings is 2. The average molecular weight is 339 g/mol. The van der Waals surface area contributed by atoms with E-state index in [0.717, 1.165) is 24.3 Å². The van der Waals surface area contributed by atoms with Crippen LogP contribution in [0.3, 0.4) is 0 Å². The van der Waals surface area contributed by atoms with Crippen LogP contribution in [-0.2, 0) is 4.79 Å². The van der Waals surface area contributed by atoms with E-state index in [1.54, 1.807) is 0 Å². The molecule has 1 heterocycles. The van der Waals surface area contributed by atoms with E-state index in [9.17, 15) is 4.79 Å². The number of thiocarbonyl (C=S) groups is 1. The van der Waals surface area contributed by atoms with Crippen molar-refractivity contribution < 1.29 is 4.79 Å². The molecule has 0 saturated carbocycles. The van der Waals surface area contributed by atoms with Crippen LogP contribution in [0.25, 0.3) is 0 Å². The summed E-state index contributed by atoms with van der Waals surface area (Å²) in [5, 5.41) is 7.05. The van der Waals surface area contributed by atoms with Gasteiger partial charge in [-0.15, -0.1) is 0 Å². The van der Waals surface area contributed by atoms with E-state index in [4.69, 9.17) is 12.2 Å². The second-order valence-electron chi connectivity index (χ2n) is 5.93. The van der Waals surface area contributed by atoms with Gasteiger partial charge in [-0.05, 0) is 55.4 Å². The number of amides is 1.